The maximum atomic E-state index is 12.9. The Morgan fingerprint density at radius 2 is 2.24 bits per heavy atom. The molecule has 0 fully saturated rings. The van der Waals surface area contributed by atoms with Gasteiger partial charge in [0.25, 0.3) is 5.91 Å². The van der Waals surface area contributed by atoms with Gasteiger partial charge in [-0.25, -0.2) is 4.39 Å². The van der Waals surface area contributed by atoms with Gasteiger partial charge in [0.15, 0.2) is 6.61 Å². The number of carbonyl (C=O) groups is 1. The lowest BCUT2D eigenvalue weighted by Gasteiger charge is -2.20. The third kappa shape index (κ3) is 2.94. The highest BCUT2D eigenvalue weighted by Crippen LogP contribution is 2.31. The predicted octanol–water partition coefficient (Wildman–Crippen LogP) is 2.72. The molecule has 0 saturated heterocycles. The lowest BCUT2D eigenvalue weighted by molar-refractivity contribution is -0.118. The summed E-state index contributed by atoms with van der Waals surface area (Å²) in [5, 5.41) is 6.00. The smallest absolute Gasteiger partial charge is 0.262 e. The van der Waals surface area contributed by atoms with Crippen LogP contribution in [0.2, 0.25) is 0 Å². The van der Waals surface area contributed by atoms with Gasteiger partial charge in [-0.1, -0.05) is 0 Å². The Bertz CT molecular complexity index is 673. The zero-order valence-electron chi connectivity index (χ0n) is 11.4. The number of hydrogen-bond acceptors (Lipinski definition) is 4. The van der Waals surface area contributed by atoms with E-state index in [0.29, 0.717) is 11.4 Å². The van der Waals surface area contributed by atoms with Crippen molar-refractivity contribution in [1.29, 1.82) is 0 Å². The van der Waals surface area contributed by atoms with Crippen LogP contribution in [0.4, 0.5) is 15.8 Å². The molecule has 0 spiro atoms. The van der Waals surface area contributed by atoms with E-state index >= 15 is 0 Å². The van der Waals surface area contributed by atoms with Crippen molar-refractivity contribution in [3.8, 4) is 5.75 Å². The summed E-state index contributed by atoms with van der Waals surface area (Å²) >= 11 is 0. The van der Waals surface area contributed by atoms with Crippen molar-refractivity contribution in [3.63, 3.8) is 0 Å². The average molecular weight is 287 g/mol. The second kappa shape index (κ2) is 5.40. The topological polar surface area (TPSA) is 63.2 Å². The van der Waals surface area contributed by atoms with Crippen LogP contribution in [0, 0.1) is 5.82 Å². The van der Waals surface area contributed by atoms with Crippen LogP contribution in [0.1, 0.15) is 18.7 Å². The Morgan fingerprint density at radius 1 is 1.38 bits per heavy atom. The molecule has 3 rings (SSSR count). The van der Waals surface area contributed by atoms with Gasteiger partial charge in [0.05, 0.1) is 23.6 Å². The van der Waals surface area contributed by atoms with Gasteiger partial charge >= 0.3 is 0 Å². The van der Waals surface area contributed by atoms with E-state index in [0.717, 1.165) is 11.4 Å². The van der Waals surface area contributed by atoms with Crippen LogP contribution < -0.4 is 15.4 Å². The molecule has 1 aromatic heterocycles. The molecule has 0 radical (unpaired) electrons. The maximum absolute atomic E-state index is 12.9. The Labute approximate surface area is 121 Å². The highest BCUT2D eigenvalue weighted by molar-refractivity contribution is 5.96. The number of benzene rings is 1. The minimum atomic E-state index is -0.361. The predicted molar refractivity (Wildman–Crippen MR) is 76.8 cm³/mol. The highest BCUT2D eigenvalue weighted by atomic mass is 19.1. The van der Waals surface area contributed by atoms with Crippen molar-refractivity contribution >= 4 is 17.3 Å². The number of pyridine rings is 1. The molecular weight excluding hydrogens is 273 g/mol. The molecule has 1 aromatic carbocycles. The number of nitrogens with zero attached hydrogens (tertiary/aromatic N) is 1. The fourth-order valence-corrected chi connectivity index (χ4v) is 2.14. The van der Waals surface area contributed by atoms with E-state index in [-0.39, 0.29) is 24.4 Å². The molecule has 108 valence electrons. The van der Waals surface area contributed by atoms with Gasteiger partial charge in [-0.3, -0.25) is 9.78 Å². The fourth-order valence-electron chi connectivity index (χ4n) is 2.14. The van der Waals surface area contributed by atoms with Gasteiger partial charge in [-0.2, -0.15) is 0 Å². The van der Waals surface area contributed by atoms with Crippen molar-refractivity contribution in [2.24, 2.45) is 0 Å². The molecule has 2 heterocycles. The Hall–Kier alpha value is -2.63. The normalized spacial score (nSPS) is 14.7. The van der Waals surface area contributed by atoms with Gasteiger partial charge in [0.2, 0.25) is 0 Å². The number of anilines is 2. The summed E-state index contributed by atoms with van der Waals surface area (Å²) in [7, 11) is 0. The first-order valence-electron chi connectivity index (χ1n) is 6.56. The summed E-state index contributed by atoms with van der Waals surface area (Å²) in [5.41, 5.74) is 2.18. The molecule has 1 aliphatic heterocycles. The van der Waals surface area contributed by atoms with E-state index in [4.69, 9.17) is 4.74 Å². The Morgan fingerprint density at radius 3 is 3.00 bits per heavy atom. The number of fused-ring (bicyclic) bond motifs is 1. The highest BCUT2D eigenvalue weighted by Gasteiger charge is 2.16. The second-order valence-corrected chi connectivity index (χ2v) is 4.82. The van der Waals surface area contributed by atoms with Crippen LogP contribution in [0.5, 0.6) is 5.75 Å². The third-order valence-corrected chi connectivity index (χ3v) is 3.19. The van der Waals surface area contributed by atoms with Gasteiger partial charge in [-0.05, 0) is 37.3 Å². The van der Waals surface area contributed by atoms with E-state index in [2.05, 4.69) is 15.6 Å². The van der Waals surface area contributed by atoms with Crippen LogP contribution >= 0.6 is 0 Å². The number of rotatable bonds is 3. The summed E-state index contributed by atoms with van der Waals surface area (Å²) in [6.07, 6.45) is 1.19. The van der Waals surface area contributed by atoms with Crippen LogP contribution in [0.3, 0.4) is 0 Å². The van der Waals surface area contributed by atoms with Crippen molar-refractivity contribution in [2.45, 2.75) is 13.0 Å². The fraction of sp³-hybridized carbons (Fsp3) is 0.200. The first kappa shape index (κ1) is 13.4. The van der Waals surface area contributed by atoms with Crippen LogP contribution in [0.15, 0.2) is 36.5 Å². The van der Waals surface area contributed by atoms with Crippen molar-refractivity contribution in [3.05, 3.63) is 48.0 Å². The minimum Gasteiger partial charge on any atom is -0.482 e. The standard InChI is InChI=1S/C15H14FN3O2/c1-9(12-4-2-10(16)7-17-12)18-11-3-5-14-13(6-11)19-15(20)8-21-14/h2-7,9,18H,8H2,1H3,(H,19,20). The molecule has 1 unspecified atom stereocenters. The molecule has 6 heteroatoms. The Balaban J connectivity index is 1.77. The number of carbonyl (C=O) groups excluding carboxylic acids is 1. The quantitative estimate of drug-likeness (QED) is 0.911. The summed E-state index contributed by atoms with van der Waals surface area (Å²) in [6, 6.07) is 8.37. The number of ether oxygens (including phenoxy) is 1. The van der Waals surface area contributed by atoms with E-state index < -0.39 is 0 Å². The van der Waals surface area contributed by atoms with Crippen LogP contribution in [-0.2, 0) is 4.79 Å². The van der Waals surface area contributed by atoms with Crippen LogP contribution in [0.25, 0.3) is 0 Å². The van der Waals surface area contributed by atoms with E-state index in [1.165, 1.54) is 12.3 Å². The van der Waals surface area contributed by atoms with Gasteiger partial charge in [0, 0.05) is 5.69 Å². The number of halogens is 1. The average Bonchev–Trinajstić information content (AvgIpc) is 2.47. The first-order valence-corrected chi connectivity index (χ1v) is 6.56. The zero-order valence-corrected chi connectivity index (χ0v) is 11.4. The molecule has 5 nitrogen and oxygen atoms in total. The lowest BCUT2D eigenvalue weighted by atomic mass is 10.2. The molecule has 0 aliphatic carbocycles. The van der Waals surface area contributed by atoms with E-state index in [1.807, 2.05) is 13.0 Å². The molecule has 1 atom stereocenters. The molecule has 1 aliphatic rings. The molecule has 2 aromatic rings. The van der Waals surface area contributed by atoms with Gasteiger partial charge in [-0.15, -0.1) is 0 Å². The minimum absolute atomic E-state index is 0.0374. The third-order valence-electron chi connectivity index (χ3n) is 3.19. The van der Waals surface area contributed by atoms with E-state index in [1.54, 1.807) is 18.2 Å². The molecule has 0 saturated carbocycles. The van der Waals surface area contributed by atoms with Crippen molar-refractivity contribution in [2.75, 3.05) is 17.2 Å². The van der Waals surface area contributed by atoms with E-state index in [9.17, 15) is 9.18 Å². The number of amides is 1. The van der Waals surface area contributed by atoms with Crippen molar-refractivity contribution < 1.29 is 13.9 Å². The number of hydrogen-bond donors (Lipinski definition) is 2. The number of aromatic nitrogens is 1. The molecule has 1 amide bonds. The largest absolute Gasteiger partial charge is 0.482 e. The molecular formula is C15H14FN3O2. The maximum Gasteiger partial charge on any atom is 0.262 e. The summed E-state index contributed by atoms with van der Waals surface area (Å²) in [6.45, 7) is 1.96. The van der Waals surface area contributed by atoms with Crippen molar-refractivity contribution in [1.82, 2.24) is 4.98 Å². The zero-order chi connectivity index (χ0) is 14.8. The monoisotopic (exact) mass is 287 g/mol. The number of nitrogens with one attached hydrogen (secondary N) is 2. The van der Waals surface area contributed by atoms with Gasteiger partial charge in [0.1, 0.15) is 11.6 Å². The first-order chi connectivity index (χ1) is 10.1. The van der Waals surface area contributed by atoms with Gasteiger partial charge < -0.3 is 15.4 Å². The summed E-state index contributed by atoms with van der Waals surface area (Å²) < 4.78 is 18.2. The second-order valence-electron chi connectivity index (χ2n) is 4.82. The summed E-state index contributed by atoms with van der Waals surface area (Å²) in [5.74, 6) is 0.111. The molecule has 2 N–H and O–H groups in total. The summed E-state index contributed by atoms with van der Waals surface area (Å²) in [4.78, 5) is 15.4. The SMILES string of the molecule is CC(Nc1ccc2c(c1)NC(=O)CO2)c1ccc(F)cn1. The molecule has 0 bridgehead atoms. The molecule has 21 heavy (non-hydrogen) atoms. The van der Waals surface area contributed by atoms with Crippen LogP contribution in [-0.4, -0.2) is 17.5 Å². The lowest BCUT2D eigenvalue weighted by Crippen LogP contribution is -2.25. The Kier molecular flexibility index (Phi) is 3.43.